The Morgan fingerprint density at radius 3 is 2.67 bits per heavy atom. The summed E-state index contributed by atoms with van der Waals surface area (Å²) in [5.41, 5.74) is 3.86. The van der Waals surface area contributed by atoms with Gasteiger partial charge in [-0.3, -0.25) is 0 Å². The zero-order chi connectivity index (χ0) is 17.5. The van der Waals surface area contributed by atoms with Crippen LogP contribution in [0.2, 0.25) is 0 Å². The average molecular weight is 331 g/mol. The van der Waals surface area contributed by atoms with Crippen LogP contribution in [0.25, 0.3) is 0 Å². The monoisotopic (exact) mass is 330 g/mol. The molecule has 0 aromatic rings. The van der Waals surface area contributed by atoms with Crippen molar-refractivity contribution in [1.29, 1.82) is 0 Å². The molecule has 24 heavy (non-hydrogen) atoms. The molecule has 2 N–H and O–H groups in total. The number of hydrogen-bond acceptors (Lipinski definition) is 2. The van der Waals surface area contributed by atoms with Crippen LogP contribution in [0.1, 0.15) is 65.7 Å². The van der Waals surface area contributed by atoms with Gasteiger partial charge in [-0.1, -0.05) is 45.1 Å². The van der Waals surface area contributed by atoms with Gasteiger partial charge in [0.15, 0.2) is 0 Å². The molecule has 0 spiro atoms. The van der Waals surface area contributed by atoms with Crippen molar-refractivity contribution in [3.8, 4) is 0 Å². The van der Waals surface area contributed by atoms with Crippen LogP contribution in [0.4, 0.5) is 0 Å². The summed E-state index contributed by atoms with van der Waals surface area (Å²) in [6, 6.07) is 0. The third kappa shape index (κ3) is 3.15. The maximum absolute atomic E-state index is 10.0. The second-order valence-corrected chi connectivity index (χ2v) is 8.91. The van der Waals surface area contributed by atoms with E-state index in [0.29, 0.717) is 24.2 Å². The van der Waals surface area contributed by atoms with Crippen LogP contribution in [0.5, 0.6) is 0 Å². The number of rotatable bonds is 2. The maximum Gasteiger partial charge on any atom is 0.0811 e. The number of allylic oxidation sites excluding steroid dienone is 3. The van der Waals surface area contributed by atoms with E-state index >= 15 is 0 Å². The Hall–Kier alpha value is -0.860. The Morgan fingerprint density at radius 1 is 1.21 bits per heavy atom. The topological polar surface area (TPSA) is 40.5 Å². The minimum absolute atomic E-state index is 0.420. The number of hydrogen-bond donors (Lipinski definition) is 2. The van der Waals surface area contributed by atoms with Crippen LogP contribution in [-0.4, -0.2) is 22.4 Å². The number of fused-ring (bicyclic) bond motifs is 1. The summed E-state index contributed by atoms with van der Waals surface area (Å²) in [6.07, 6.45) is 11.0. The smallest absolute Gasteiger partial charge is 0.0811 e. The highest BCUT2D eigenvalue weighted by molar-refractivity contribution is 5.38. The molecular formula is C22H34O2. The molecule has 0 amide bonds. The zero-order valence-electron chi connectivity index (χ0n) is 15.6. The van der Waals surface area contributed by atoms with Gasteiger partial charge >= 0.3 is 0 Å². The standard InChI is InChI=1S/C22H34O2/c1-14(2)19-9-10-20-16(6-5-11-22(19,20)4)7-8-17-12-18(23)13-21(24)15(17)3/h7-8,14,18-21,23-24H,3,5-6,9-13H2,1-2,4H3/b16-7+,17-8-/t18?,19-,20+,21+,22-/m1/s1. The van der Waals surface area contributed by atoms with Crippen LogP contribution in [0.3, 0.4) is 0 Å². The van der Waals surface area contributed by atoms with E-state index in [-0.39, 0.29) is 0 Å². The molecule has 2 nitrogen and oxygen atoms in total. The van der Waals surface area contributed by atoms with Gasteiger partial charge in [-0.25, -0.2) is 0 Å². The maximum atomic E-state index is 10.0. The molecule has 3 fully saturated rings. The largest absolute Gasteiger partial charge is 0.393 e. The molecule has 2 heteroatoms. The summed E-state index contributed by atoms with van der Waals surface area (Å²) < 4.78 is 0. The first-order valence-corrected chi connectivity index (χ1v) is 9.78. The first kappa shape index (κ1) is 17.9. The minimum Gasteiger partial charge on any atom is -0.393 e. The van der Waals surface area contributed by atoms with Gasteiger partial charge in [0.25, 0.3) is 0 Å². The third-order valence-electron chi connectivity index (χ3n) is 7.11. The first-order chi connectivity index (χ1) is 11.3. The van der Waals surface area contributed by atoms with Crippen molar-refractivity contribution in [2.75, 3.05) is 0 Å². The molecule has 0 bridgehead atoms. The van der Waals surface area contributed by atoms with Crippen LogP contribution in [0, 0.1) is 23.2 Å². The molecule has 5 atom stereocenters. The molecule has 0 saturated heterocycles. The van der Waals surface area contributed by atoms with Gasteiger partial charge in [-0.15, -0.1) is 0 Å². The lowest BCUT2D eigenvalue weighted by molar-refractivity contribution is 0.0862. The van der Waals surface area contributed by atoms with E-state index in [1.807, 2.05) is 0 Å². The molecule has 0 heterocycles. The van der Waals surface area contributed by atoms with E-state index < -0.39 is 12.2 Å². The van der Waals surface area contributed by atoms with Crippen molar-refractivity contribution in [1.82, 2.24) is 0 Å². The Kier molecular flexibility index (Phi) is 5.09. The van der Waals surface area contributed by atoms with E-state index in [1.54, 1.807) is 5.57 Å². The molecule has 3 aliphatic rings. The highest BCUT2D eigenvalue weighted by Gasteiger charge is 2.49. The fourth-order valence-electron chi connectivity index (χ4n) is 5.84. The Labute approximate surface area is 147 Å². The number of aliphatic hydroxyl groups excluding tert-OH is 2. The van der Waals surface area contributed by atoms with E-state index in [0.717, 1.165) is 23.0 Å². The lowest BCUT2D eigenvalue weighted by Gasteiger charge is -2.43. The molecule has 0 aromatic carbocycles. The molecule has 3 aliphatic carbocycles. The quantitative estimate of drug-likeness (QED) is 0.764. The Morgan fingerprint density at radius 2 is 1.96 bits per heavy atom. The summed E-state index contributed by atoms with van der Waals surface area (Å²) in [6.45, 7) is 11.3. The molecular weight excluding hydrogens is 296 g/mol. The van der Waals surface area contributed by atoms with Gasteiger partial charge in [0.1, 0.15) is 0 Å². The van der Waals surface area contributed by atoms with E-state index in [1.165, 1.54) is 32.1 Å². The SMILES string of the molecule is C=C1/C(=C\C=C2/CCC[C@]3(C)[C@@H](C(C)C)CC[C@@H]23)CC(O)C[C@@H]1O. The minimum atomic E-state index is -0.591. The van der Waals surface area contributed by atoms with Gasteiger partial charge in [-0.05, 0) is 72.8 Å². The molecule has 3 rings (SSSR count). The summed E-state index contributed by atoms with van der Waals surface area (Å²) in [7, 11) is 0. The van der Waals surface area contributed by atoms with Gasteiger partial charge in [0.05, 0.1) is 12.2 Å². The van der Waals surface area contributed by atoms with Crippen molar-refractivity contribution >= 4 is 0 Å². The fraction of sp³-hybridized carbons (Fsp3) is 0.727. The molecule has 1 unspecified atom stereocenters. The fourth-order valence-corrected chi connectivity index (χ4v) is 5.84. The van der Waals surface area contributed by atoms with Gasteiger partial charge in [-0.2, -0.15) is 0 Å². The van der Waals surface area contributed by atoms with Crippen LogP contribution in [0.15, 0.2) is 35.5 Å². The van der Waals surface area contributed by atoms with Crippen LogP contribution < -0.4 is 0 Å². The molecule has 3 saturated carbocycles. The summed E-state index contributed by atoms with van der Waals surface area (Å²) in [5, 5.41) is 20.0. The van der Waals surface area contributed by atoms with Crippen molar-refractivity contribution in [2.45, 2.75) is 77.9 Å². The lowest BCUT2D eigenvalue weighted by atomic mass is 9.61. The van der Waals surface area contributed by atoms with E-state index in [4.69, 9.17) is 0 Å². The van der Waals surface area contributed by atoms with Gasteiger partial charge in [0, 0.05) is 6.42 Å². The second-order valence-electron chi connectivity index (χ2n) is 8.91. The van der Waals surface area contributed by atoms with Crippen molar-refractivity contribution in [3.63, 3.8) is 0 Å². The van der Waals surface area contributed by atoms with Crippen molar-refractivity contribution in [2.24, 2.45) is 23.2 Å². The summed E-state index contributed by atoms with van der Waals surface area (Å²) in [4.78, 5) is 0. The summed E-state index contributed by atoms with van der Waals surface area (Å²) >= 11 is 0. The molecule has 134 valence electrons. The van der Waals surface area contributed by atoms with E-state index in [2.05, 4.69) is 39.5 Å². The molecule has 0 radical (unpaired) electrons. The highest BCUT2D eigenvalue weighted by Crippen LogP contribution is 2.59. The highest BCUT2D eigenvalue weighted by atomic mass is 16.3. The first-order valence-electron chi connectivity index (χ1n) is 9.78. The zero-order valence-corrected chi connectivity index (χ0v) is 15.6. The lowest BCUT2D eigenvalue weighted by Crippen LogP contribution is -2.35. The number of aliphatic hydroxyl groups is 2. The Balaban J connectivity index is 1.83. The third-order valence-corrected chi connectivity index (χ3v) is 7.11. The molecule has 0 aromatic heterocycles. The normalized spacial score (nSPS) is 43.7. The average Bonchev–Trinajstić information content (AvgIpc) is 2.87. The predicted octanol–water partition coefficient (Wildman–Crippen LogP) is 4.78. The molecule has 0 aliphatic heterocycles. The van der Waals surface area contributed by atoms with E-state index in [9.17, 15) is 10.2 Å². The van der Waals surface area contributed by atoms with Crippen molar-refractivity contribution < 1.29 is 10.2 Å². The van der Waals surface area contributed by atoms with Gasteiger partial charge < -0.3 is 10.2 Å². The van der Waals surface area contributed by atoms with Crippen molar-refractivity contribution in [3.05, 3.63) is 35.5 Å². The Bertz CT molecular complexity index is 556. The van der Waals surface area contributed by atoms with Crippen LogP contribution >= 0.6 is 0 Å². The second kappa shape index (κ2) is 6.80. The predicted molar refractivity (Wildman–Crippen MR) is 99.6 cm³/mol. The van der Waals surface area contributed by atoms with Gasteiger partial charge in [0.2, 0.25) is 0 Å². The summed E-state index contributed by atoms with van der Waals surface area (Å²) in [5.74, 6) is 2.32. The van der Waals surface area contributed by atoms with Crippen LogP contribution in [-0.2, 0) is 0 Å².